The number of amides is 2. The molecule has 2 saturated heterocycles. The van der Waals surface area contributed by atoms with Crippen molar-refractivity contribution in [3.63, 3.8) is 0 Å². The van der Waals surface area contributed by atoms with Gasteiger partial charge in [0, 0.05) is 88.4 Å². The number of aliphatic carboxylic acids is 1. The summed E-state index contributed by atoms with van der Waals surface area (Å²) in [6.45, 7) is 9.29. The van der Waals surface area contributed by atoms with Gasteiger partial charge in [0.2, 0.25) is 5.91 Å². The third kappa shape index (κ3) is 10.4. The van der Waals surface area contributed by atoms with Crippen LogP contribution in [0, 0.1) is 0 Å². The van der Waals surface area contributed by atoms with E-state index in [2.05, 4.69) is 38.1 Å². The highest BCUT2D eigenvalue weighted by molar-refractivity contribution is 9.10. The van der Waals surface area contributed by atoms with Gasteiger partial charge in [0.25, 0.3) is 5.91 Å². The summed E-state index contributed by atoms with van der Waals surface area (Å²) < 4.78 is 32.6. The van der Waals surface area contributed by atoms with E-state index in [9.17, 15) is 22.8 Å². The molecule has 0 radical (unpaired) electrons. The molecule has 2 aliphatic heterocycles. The van der Waals surface area contributed by atoms with Crippen LogP contribution in [-0.2, 0) is 9.59 Å². The fourth-order valence-electron chi connectivity index (χ4n) is 3.76. The van der Waals surface area contributed by atoms with Gasteiger partial charge in [0.15, 0.2) is 0 Å². The second kappa shape index (κ2) is 14.5. The van der Waals surface area contributed by atoms with E-state index < -0.39 is 12.1 Å². The monoisotopic (exact) mass is 579 g/mol. The van der Waals surface area contributed by atoms with Crippen LogP contribution in [0.25, 0.3) is 0 Å². The van der Waals surface area contributed by atoms with Crippen molar-refractivity contribution in [3.8, 4) is 0 Å². The number of hydrogen-bond donors (Lipinski definition) is 2. The molecule has 2 heterocycles. The third-order valence-corrected chi connectivity index (χ3v) is 6.44. The van der Waals surface area contributed by atoms with Gasteiger partial charge in [-0.25, -0.2) is 4.79 Å². The van der Waals surface area contributed by atoms with Crippen LogP contribution in [0.1, 0.15) is 16.8 Å². The predicted molar refractivity (Wildman–Crippen MR) is 132 cm³/mol. The maximum Gasteiger partial charge on any atom is 0.490 e. The van der Waals surface area contributed by atoms with E-state index in [1.165, 1.54) is 0 Å². The lowest BCUT2D eigenvalue weighted by molar-refractivity contribution is -0.192. The molecule has 2 aliphatic rings. The standard InChI is InChI=1S/C21H32BrN5O2.C2HF3O2/c1-24-11-13-25(14-12-24)15-16-27(21(29)18-3-2-4-19(22)17-18)8-5-20(28)26-9-6-23-7-10-26;3-2(4,5)1(6)7/h2-4,17,23H,5-16H2,1H3;(H,6,7). The van der Waals surface area contributed by atoms with E-state index in [4.69, 9.17) is 9.90 Å². The molecule has 2 fully saturated rings. The van der Waals surface area contributed by atoms with Gasteiger partial charge in [-0.05, 0) is 25.2 Å². The van der Waals surface area contributed by atoms with Gasteiger partial charge in [-0.1, -0.05) is 22.0 Å². The number of halogens is 4. The molecule has 0 aliphatic carbocycles. The number of piperazine rings is 2. The summed E-state index contributed by atoms with van der Waals surface area (Å²) >= 11 is 3.45. The predicted octanol–water partition coefficient (Wildman–Crippen LogP) is 1.59. The Bertz CT molecular complexity index is 876. The fraction of sp³-hybridized carbons (Fsp3) is 0.609. The largest absolute Gasteiger partial charge is 0.490 e. The zero-order valence-corrected chi connectivity index (χ0v) is 21.9. The molecule has 1 aromatic rings. The number of alkyl halides is 3. The smallest absolute Gasteiger partial charge is 0.475 e. The van der Waals surface area contributed by atoms with Crippen LogP contribution >= 0.6 is 15.9 Å². The van der Waals surface area contributed by atoms with Gasteiger partial charge in [0.1, 0.15) is 0 Å². The first kappa shape index (κ1) is 30.0. The highest BCUT2D eigenvalue weighted by atomic mass is 79.9. The number of nitrogens with one attached hydrogen (secondary N) is 1. The van der Waals surface area contributed by atoms with Crippen molar-refractivity contribution >= 4 is 33.7 Å². The summed E-state index contributed by atoms with van der Waals surface area (Å²) in [6.07, 6.45) is -4.71. The first-order chi connectivity index (χ1) is 17.0. The van der Waals surface area contributed by atoms with E-state index in [1.807, 2.05) is 34.1 Å². The van der Waals surface area contributed by atoms with E-state index in [-0.39, 0.29) is 11.8 Å². The molecule has 0 saturated carbocycles. The average Bonchev–Trinajstić information content (AvgIpc) is 2.85. The highest BCUT2D eigenvalue weighted by Crippen LogP contribution is 2.15. The second-order valence-corrected chi connectivity index (χ2v) is 9.55. The lowest BCUT2D eigenvalue weighted by Gasteiger charge is -2.34. The summed E-state index contributed by atoms with van der Waals surface area (Å²) in [5.74, 6) is -2.63. The van der Waals surface area contributed by atoms with Gasteiger partial charge in [-0.15, -0.1) is 0 Å². The zero-order valence-electron chi connectivity index (χ0n) is 20.3. The van der Waals surface area contributed by atoms with Crippen LogP contribution in [0.4, 0.5) is 13.2 Å². The number of carboxylic acids is 1. The Labute approximate surface area is 217 Å². The molecule has 9 nitrogen and oxygen atoms in total. The van der Waals surface area contributed by atoms with E-state index >= 15 is 0 Å². The van der Waals surface area contributed by atoms with Crippen LogP contribution < -0.4 is 5.32 Å². The number of benzene rings is 1. The number of carbonyl (C=O) groups is 3. The highest BCUT2D eigenvalue weighted by Gasteiger charge is 2.38. The maximum absolute atomic E-state index is 13.2. The van der Waals surface area contributed by atoms with Crippen LogP contribution in [0.5, 0.6) is 0 Å². The number of nitrogens with zero attached hydrogens (tertiary/aromatic N) is 4. The molecule has 2 amide bonds. The van der Waals surface area contributed by atoms with Gasteiger partial charge in [-0.3, -0.25) is 14.5 Å². The molecule has 202 valence electrons. The van der Waals surface area contributed by atoms with Gasteiger partial charge >= 0.3 is 12.1 Å². The molecule has 0 atom stereocenters. The minimum Gasteiger partial charge on any atom is -0.475 e. The van der Waals surface area contributed by atoms with Crippen molar-refractivity contribution in [1.29, 1.82) is 0 Å². The minimum atomic E-state index is -5.08. The van der Waals surface area contributed by atoms with Gasteiger partial charge in [0.05, 0.1) is 0 Å². The number of carbonyl (C=O) groups excluding carboxylic acids is 2. The van der Waals surface area contributed by atoms with Crippen molar-refractivity contribution < 1.29 is 32.7 Å². The Balaban J connectivity index is 0.000000572. The summed E-state index contributed by atoms with van der Waals surface area (Å²) in [5.41, 5.74) is 0.660. The van der Waals surface area contributed by atoms with Crippen molar-refractivity contribution in [2.75, 3.05) is 79.0 Å². The van der Waals surface area contributed by atoms with Crippen molar-refractivity contribution in [2.24, 2.45) is 0 Å². The van der Waals surface area contributed by atoms with Crippen LogP contribution in [0.3, 0.4) is 0 Å². The average molecular weight is 580 g/mol. The number of carboxylic acid groups (broad SMARTS) is 1. The van der Waals surface area contributed by atoms with Crippen LogP contribution in [0.2, 0.25) is 0 Å². The van der Waals surface area contributed by atoms with E-state index in [0.717, 1.165) is 63.4 Å². The molecule has 0 bridgehead atoms. The fourth-order valence-corrected chi connectivity index (χ4v) is 4.15. The van der Waals surface area contributed by atoms with E-state index in [0.29, 0.717) is 25.1 Å². The number of hydrogen-bond acceptors (Lipinski definition) is 6. The summed E-state index contributed by atoms with van der Waals surface area (Å²) in [6, 6.07) is 7.48. The molecule has 0 spiro atoms. The minimum absolute atomic E-state index is 0.00598. The van der Waals surface area contributed by atoms with E-state index in [1.54, 1.807) is 0 Å². The molecule has 13 heteroatoms. The Morgan fingerprint density at radius 1 is 1.06 bits per heavy atom. The maximum atomic E-state index is 13.2. The summed E-state index contributed by atoms with van der Waals surface area (Å²) in [7, 11) is 2.14. The molecular weight excluding hydrogens is 547 g/mol. The molecule has 0 unspecified atom stereocenters. The zero-order chi connectivity index (χ0) is 26.7. The quantitative estimate of drug-likeness (QED) is 0.506. The first-order valence-electron chi connectivity index (χ1n) is 11.7. The van der Waals surface area contributed by atoms with Crippen molar-refractivity contribution in [2.45, 2.75) is 12.6 Å². The summed E-state index contributed by atoms with van der Waals surface area (Å²) in [5, 5.41) is 10.4. The van der Waals surface area contributed by atoms with Gasteiger partial charge < -0.3 is 25.1 Å². The Morgan fingerprint density at radius 3 is 2.22 bits per heavy atom. The van der Waals surface area contributed by atoms with Crippen LogP contribution in [0.15, 0.2) is 28.7 Å². The molecule has 1 aromatic carbocycles. The number of rotatable bonds is 7. The van der Waals surface area contributed by atoms with Gasteiger partial charge in [-0.2, -0.15) is 13.2 Å². The molecule has 36 heavy (non-hydrogen) atoms. The second-order valence-electron chi connectivity index (χ2n) is 8.63. The normalized spacial score (nSPS) is 17.2. The lowest BCUT2D eigenvalue weighted by atomic mass is 10.2. The van der Waals surface area contributed by atoms with Crippen molar-refractivity contribution in [3.05, 3.63) is 34.3 Å². The Morgan fingerprint density at radius 2 is 1.67 bits per heavy atom. The summed E-state index contributed by atoms with van der Waals surface area (Å²) in [4.78, 5) is 43.1. The molecular formula is C23H33BrF3N5O4. The molecule has 2 N–H and O–H groups in total. The topological polar surface area (TPSA) is 96.4 Å². The molecule has 0 aromatic heterocycles. The Kier molecular flexibility index (Phi) is 12.1. The Hall–Kier alpha value is -2.22. The first-order valence-corrected chi connectivity index (χ1v) is 12.5. The SMILES string of the molecule is CN1CCN(CCN(CCC(=O)N2CCNCC2)C(=O)c2cccc(Br)c2)CC1.O=C(O)C(F)(F)F. The number of likely N-dealkylation sites (N-methyl/N-ethyl adjacent to an activating group) is 1. The molecule has 3 rings (SSSR count). The van der Waals surface area contributed by atoms with Crippen molar-refractivity contribution in [1.82, 2.24) is 24.9 Å². The van der Waals surface area contributed by atoms with Crippen LogP contribution in [-0.4, -0.2) is 128 Å². The lowest BCUT2D eigenvalue weighted by Crippen LogP contribution is -2.49. The third-order valence-electron chi connectivity index (χ3n) is 5.95.